The molecule has 7 heteroatoms. The molecular formula is C14H17FN2O3S. The average molecular weight is 312 g/mol. The Morgan fingerprint density at radius 2 is 1.90 bits per heavy atom. The molecule has 0 fully saturated rings. The number of sulfonamides is 1. The van der Waals surface area contributed by atoms with Crippen molar-refractivity contribution in [3.63, 3.8) is 0 Å². The zero-order valence-corrected chi connectivity index (χ0v) is 12.9. The van der Waals surface area contributed by atoms with E-state index in [0.29, 0.717) is 23.8 Å². The number of hydrogen-bond donors (Lipinski definition) is 1. The predicted molar refractivity (Wildman–Crippen MR) is 78.2 cm³/mol. The van der Waals surface area contributed by atoms with Gasteiger partial charge < -0.3 is 9.73 Å². The second-order valence-electron chi connectivity index (χ2n) is 4.61. The molecule has 2 rings (SSSR count). The third kappa shape index (κ3) is 3.08. The van der Waals surface area contributed by atoms with Crippen LogP contribution in [0.1, 0.15) is 11.5 Å². The molecule has 1 aromatic carbocycles. The van der Waals surface area contributed by atoms with Crippen LogP contribution in [0.5, 0.6) is 0 Å². The summed E-state index contributed by atoms with van der Waals surface area (Å²) in [5.41, 5.74) is 0.382. The number of hydrogen-bond acceptors (Lipinski definition) is 4. The topological polar surface area (TPSA) is 62.6 Å². The highest BCUT2D eigenvalue weighted by molar-refractivity contribution is 7.92. The minimum Gasteiger partial charge on any atom is -0.464 e. The summed E-state index contributed by atoms with van der Waals surface area (Å²) in [5.74, 6) is 0.454. The van der Waals surface area contributed by atoms with E-state index >= 15 is 0 Å². The van der Waals surface area contributed by atoms with Crippen LogP contribution in [0, 0.1) is 12.7 Å². The normalized spacial score (nSPS) is 11.6. The quantitative estimate of drug-likeness (QED) is 0.920. The molecule has 0 bridgehead atoms. The van der Waals surface area contributed by atoms with Crippen molar-refractivity contribution >= 4 is 15.7 Å². The molecule has 0 saturated heterocycles. The van der Waals surface area contributed by atoms with Crippen molar-refractivity contribution in [1.82, 2.24) is 5.32 Å². The van der Waals surface area contributed by atoms with Crippen LogP contribution in [-0.4, -0.2) is 22.5 Å². The second kappa shape index (κ2) is 5.87. The van der Waals surface area contributed by atoms with Gasteiger partial charge in [0.25, 0.3) is 10.0 Å². The summed E-state index contributed by atoms with van der Waals surface area (Å²) in [7, 11) is -0.574. The largest absolute Gasteiger partial charge is 0.464 e. The van der Waals surface area contributed by atoms with Gasteiger partial charge in [-0.2, -0.15) is 0 Å². The lowest BCUT2D eigenvalue weighted by Crippen LogP contribution is -2.26. The Kier molecular flexibility index (Phi) is 4.34. The number of aryl methyl sites for hydroxylation is 1. The Hall–Kier alpha value is -1.86. The lowest BCUT2D eigenvalue weighted by Gasteiger charge is -2.18. The zero-order valence-electron chi connectivity index (χ0n) is 12.1. The Balaban J connectivity index is 2.39. The number of nitrogens with zero attached hydrogens (tertiary/aromatic N) is 1. The Bertz CT molecular complexity index is 723. The van der Waals surface area contributed by atoms with Crippen molar-refractivity contribution in [1.29, 1.82) is 0 Å². The van der Waals surface area contributed by atoms with Gasteiger partial charge in [-0.05, 0) is 38.2 Å². The molecule has 0 aliphatic carbocycles. The van der Waals surface area contributed by atoms with Crippen LogP contribution in [0.15, 0.2) is 39.6 Å². The highest BCUT2D eigenvalue weighted by Crippen LogP contribution is 2.26. The van der Waals surface area contributed by atoms with Gasteiger partial charge >= 0.3 is 0 Å². The molecule has 0 unspecified atom stereocenters. The number of anilines is 1. The minimum atomic E-state index is -3.74. The summed E-state index contributed by atoms with van der Waals surface area (Å²) < 4.78 is 44.7. The maximum atomic E-state index is 12.9. The molecule has 0 aliphatic rings. The molecule has 0 spiro atoms. The van der Waals surface area contributed by atoms with Crippen LogP contribution in [0.25, 0.3) is 0 Å². The van der Waals surface area contributed by atoms with E-state index in [1.807, 2.05) is 0 Å². The number of nitrogens with one attached hydrogen (secondary N) is 1. The molecule has 1 N–H and O–H groups in total. The smallest absolute Gasteiger partial charge is 0.267 e. The molecule has 114 valence electrons. The summed E-state index contributed by atoms with van der Waals surface area (Å²) in [6, 6.07) is 6.76. The van der Waals surface area contributed by atoms with E-state index in [-0.39, 0.29) is 4.90 Å². The first-order valence-corrected chi connectivity index (χ1v) is 7.78. The van der Waals surface area contributed by atoms with Crippen LogP contribution in [0.3, 0.4) is 0 Å². The first kappa shape index (κ1) is 15.5. The molecule has 1 heterocycles. The summed E-state index contributed by atoms with van der Waals surface area (Å²) in [4.78, 5) is 0.111. The van der Waals surface area contributed by atoms with Crippen LogP contribution < -0.4 is 9.62 Å². The van der Waals surface area contributed by atoms with Crippen LogP contribution in [0.2, 0.25) is 0 Å². The van der Waals surface area contributed by atoms with Crippen molar-refractivity contribution in [3.8, 4) is 0 Å². The van der Waals surface area contributed by atoms with Crippen molar-refractivity contribution in [2.24, 2.45) is 0 Å². The van der Waals surface area contributed by atoms with Crippen LogP contribution in [-0.2, 0) is 16.6 Å². The summed E-state index contributed by atoms with van der Waals surface area (Å²) in [5, 5.41) is 2.90. The molecule has 0 aliphatic heterocycles. The van der Waals surface area contributed by atoms with Gasteiger partial charge in [-0.25, -0.2) is 12.8 Å². The van der Waals surface area contributed by atoms with Gasteiger partial charge in [0.1, 0.15) is 22.2 Å². The molecule has 0 radical (unpaired) electrons. The molecular weight excluding hydrogens is 295 g/mol. The number of rotatable bonds is 5. The van der Waals surface area contributed by atoms with Crippen molar-refractivity contribution in [2.45, 2.75) is 18.4 Å². The molecule has 5 nitrogen and oxygen atoms in total. The fourth-order valence-corrected chi connectivity index (χ4v) is 3.36. The fraction of sp³-hybridized carbons (Fsp3) is 0.286. The van der Waals surface area contributed by atoms with Crippen molar-refractivity contribution in [3.05, 3.63) is 47.7 Å². The van der Waals surface area contributed by atoms with Crippen LogP contribution >= 0.6 is 0 Å². The van der Waals surface area contributed by atoms with E-state index in [2.05, 4.69) is 5.32 Å². The Labute approximate surface area is 123 Å². The van der Waals surface area contributed by atoms with E-state index < -0.39 is 15.8 Å². The van der Waals surface area contributed by atoms with Crippen molar-refractivity contribution in [2.75, 3.05) is 18.4 Å². The first-order chi connectivity index (χ1) is 9.86. The molecule has 21 heavy (non-hydrogen) atoms. The number of halogens is 1. The summed E-state index contributed by atoms with van der Waals surface area (Å²) in [6.45, 7) is 2.04. The fourth-order valence-electron chi connectivity index (χ4n) is 1.98. The van der Waals surface area contributed by atoms with E-state index in [0.717, 1.165) is 4.31 Å². The van der Waals surface area contributed by atoms with E-state index in [1.54, 1.807) is 14.0 Å². The van der Waals surface area contributed by atoms with E-state index in [1.165, 1.54) is 37.4 Å². The monoisotopic (exact) mass is 312 g/mol. The van der Waals surface area contributed by atoms with Gasteiger partial charge in [-0.15, -0.1) is 0 Å². The van der Waals surface area contributed by atoms with Gasteiger partial charge in [0, 0.05) is 13.1 Å². The molecule has 0 saturated carbocycles. The maximum Gasteiger partial charge on any atom is 0.267 e. The molecule has 0 amide bonds. The number of benzene rings is 1. The average Bonchev–Trinajstić information content (AvgIpc) is 2.81. The van der Waals surface area contributed by atoms with Gasteiger partial charge in [0.2, 0.25) is 0 Å². The van der Waals surface area contributed by atoms with Gasteiger partial charge in [0.15, 0.2) is 0 Å². The van der Waals surface area contributed by atoms with Crippen molar-refractivity contribution < 1.29 is 17.2 Å². The van der Waals surface area contributed by atoms with Gasteiger partial charge in [0.05, 0.1) is 12.2 Å². The highest BCUT2D eigenvalue weighted by Gasteiger charge is 2.26. The molecule has 2 aromatic rings. The summed E-state index contributed by atoms with van der Waals surface area (Å²) >= 11 is 0. The third-order valence-electron chi connectivity index (χ3n) is 3.10. The Morgan fingerprint density at radius 1 is 1.29 bits per heavy atom. The lowest BCUT2D eigenvalue weighted by atomic mass is 10.3. The SMILES string of the molecule is CNCc1cc(S(=O)(=O)N(C)c2ccc(F)cc2)c(C)o1. The molecule has 1 aromatic heterocycles. The lowest BCUT2D eigenvalue weighted by molar-refractivity contribution is 0.466. The standard InChI is InChI=1S/C14H17FN2O3S/c1-10-14(8-13(20-10)9-16-2)21(18,19)17(3)12-6-4-11(15)5-7-12/h4-8,16H,9H2,1-3H3. The van der Waals surface area contributed by atoms with Crippen LogP contribution in [0.4, 0.5) is 10.1 Å². The van der Waals surface area contributed by atoms with Gasteiger partial charge in [-0.3, -0.25) is 4.31 Å². The maximum absolute atomic E-state index is 12.9. The third-order valence-corrected chi connectivity index (χ3v) is 5.00. The predicted octanol–water partition coefficient (Wildman–Crippen LogP) is 2.27. The first-order valence-electron chi connectivity index (χ1n) is 6.34. The van der Waals surface area contributed by atoms with E-state index in [9.17, 15) is 12.8 Å². The number of furan rings is 1. The highest BCUT2D eigenvalue weighted by atomic mass is 32.2. The Morgan fingerprint density at radius 3 is 2.48 bits per heavy atom. The zero-order chi connectivity index (χ0) is 15.6. The summed E-state index contributed by atoms with van der Waals surface area (Å²) in [6.07, 6.45) is 0. The molecule has 0 atom stereocenters. The second-order valence-corrected chi connectivity index (χ2v) is 6.55. The van der Waals surface area contributed by atoms with E-state index in [4.69, 9.17) is 4.42 Å². The minimum absolute atomic E-state index is 0.111. The van der Waals surface area contributed by atoms with Gasteiger partial charge in [-0.1, -0.05) is 0 Å².